The summed E-state index contributed by atoms with van der Waals surface area (Å²) in [6.07, 6.45) is 3.43. The van der Waals surface area contributed by atoms with Crippen LogP contribution in [0.3, 0.4) is 0 Å². The predicted molar refractivity (Wildman–Crippen MR) is 110 cm³/mol. The standard InChI is InChI=1S/C21H32F2O9S/c1-3-29-13(2)30-11-20-8-14-6-15(9-20)19(16(7-14)10-20)32-18(25)5-4-17(24)31-12-21(22,23)33(26,27)28/h13-16,19H,3-12H2,1-2H3,(H,26,27,28). The lowest BCUT2D eigenvalue weighted by Crippen LogP contribution is -2.56. The molecule has 0 heterocycles. The molecule has 4 aliphatic rings. The Hall–Kier alpha value is -1.37. The number of esters is 2. The number of alkyl halides is 2. The molecule has 9 nitrogen and oxygen atoms in total. The summed E-state index contributed by atoms with van der Waals surface area (Å²) in [5.41, 5.74) is 0.0623. The number of hydrogen-bond acceptors (Lipinski definition) is 8. The summed E-state index contributed by atoms with van der Waals surface area (Å²) >= 11 is 0. The van der Waals surface area contributed by atoms with Gasteiger partial charge < -0.3 is 18.9 Å². The molecule has 3 atom stereocenters. The van der Waals surface area contributed by atoms with Crippen molar-refractivity contribution in [3.63, 3.8) is 0 Å². The van der Waals surface area contributed by atoms with E-state index in [-0.39, 0.29) is 36.1 Å². The summed E-state index contributed by atoms with van der Waals surface area (Å²) in [4.78, 5) is 23.9. The van der Waals surface area contributed by atoms with Gasteiger partial charge in [-0.2, -0.15) is 17.2 Å². The van der Waals surface area contributed by atoms with E-state index in [2.05, 4.69) is 4.74 Å². The Morgan fingerprint density at radius 2 is 1.70 bits per heavy atom. The summed E-state index contributed by atoms with van der Waals surface area (Å²) < 4.78 is 76.9. The van der Waals surface area contributed by atoms with Crippen LogP contribution in [0.5, 0.6) is 0 Å². The summed E-state index contributed by atoms with van der Waals surface area (Å²) in [5.74, 6) is -0.804. The van der Waals surface area contributed by atoms with Gasteiger partial charge in [0.25, 0.3) is 0 Å². The average molecular weight is 499 g/mol. The molecule has 4 bridgehead atoms. The van der Waals surface area contributed by atoms with Gasteiger partial charge in [-0.15, -0.1) is 0 Å². The normalized spacial score (nSPS) is 31.9. The lowest BCUT2D eigenvalue weighted by Gasteiger charge is -2.59. The molecular formula is C21H32F2O9S. The second-order valence-corrected chi connectivity index (χ2v) is 11.1. The van der Waals surface area contributed by atoms with Crippen LogP contribution in [0.25, 0.3) is 0 Å². The van der Waals surface area contributed by atoms with Crippen LogP contribution >= 0.6 is 0 Å². The fourth-order valence-electron chi connectivity index (χ4n) is 5.82. The number of carbonyl (C=O) groups excluding carboxylic acids is 2. The van der Waals surface area contributed by atoms with Gasteiger partial charge in [-0.25, -0.2) is 0 Å². The summed E-state index contributed by atoms with van der Waals surface area (Å²) in [7, 11) is -5.69. The third kappa shape index (κ3) is 6.40. The van der Waals surface area contributed by atoms with Crippen molar-refractivity contribution in [1.82, 2.24) is 0 Å². The van der Waals surface area contributed by atoms with Gasteiger partial charge in [-0.1, -0.05) is 0 Å². The van der Waals surface area contributed by atoms with Gasteiger partial charge in [0.15, 0.2) is 12.9 Å². The number of ether oxygens (including phenoxy) is 4. The minimum Gasteiger partial charge on any atom is -0.462 e. The van der Waals surface area contributed by atoms with Gasteiger partial charge in [0.2, 0.25) is 0 Å². The first-order chi connectivity index (χ1) is 15.3. The predicted octanol–water partition coefficient (Wildman–Crippen LogP) is 2.93. The zero-order valence-electron chi connectivity index (χ0n) is 18.8. The first kappa shape index (κ1) is 26.2. The first-order valence-electron chi connectivity index (χ1n) is 11.3. The van der Waals surface area contributed by atoms with Crippen molar-refractivity contribution in [2.45, 2.75) is 76.4 Å². The van der Waals surface area contributed by atoms with Crippen molar-refractivity contribution in [1.29, 1.82) is 0 Å². The Bertz CT molecular complexity index is 816. The van der Waals surface area contributed by atoms with Crippen molar-refractivity contribution in [3.05, 3.63) is 0 Å². The molecule has 3 unspecified atom stereocenters. The quantitative estimate of drug-likeness (QED) is 0.246. The van der Waals surface area contributed by atoms with Gasteiger partial charge in [0.05, 0.1) is 19.4 Å². The third-order valence-electron chi connectivity index (χ3n) is 6.92. The van der Waals surface area contributed by atoms with E-state index in [1.54, 1.807) is 0 Å². The van der Waals surface area contributed by atoms with Crippen molar-refractivity contribution in [2.75, 3.05) is 19.8 Å². The molecule has 4 rings (SSSR count). The largest absolute Gasteiger partial charge is 0.462 e. The molecule has 0 radical (unpaired) electrons. The van der Waals surface area contributed by atoms with E-state index in [9.17, 15) is 26.8 Å². The zero-order chi connectivity index (χ0) is 24.4. The fraction of sp³-hybridized carbons (Fsp3) is 0.905. The summed E-state index contributed by atoms with van der Waals surface area (Å²) in [6.45, 7) is 3.16. The van der Waals surface area contributed by atoms with E-state index in [0.29, 0.717) is 19.1 Å². The fourth-order valence-corrected chi connectivity index (χ4v) is 6.03. The molecule has 12 heteroatoms. The summed E-state index contributed by atoms with van der Waals surface area (Å²) in [6, 6.07) is 0. The molecule has 0 spiro atoms. The Morgan fingerprint density at radius 1 is 1.09 bits per heavy atom. The molecule has 0 saturated heterocycles. The van der Waals surface area contributed by atoms with Gasteiger partial charge >= 0.3 is 27.3 Å². The molecule has 0 aliphatic heterocycles. The molecule has 33 heavy (non-hydrogen) atoms. The van der Waals surface area contributed by atoms with Gasteiger partial charge in [-0.05, 0) is 69.1 Å². The molecular weight excluding hydrogens is 466 g/mol. The molecule has 4 aliphatic carbocycles. The maximum absolute atomic E-state index is 13.1. The van der Waals surface area contributed by atoms with E-state index in [0.717, 1.165) is 32.1 Å². The average Bonchev–Trinajstić information content (AvgIpc) is 2.71. The van der Waals surface area contributed by atoms with E-state index < -0.39 is 40.3 Å². The zero-order valence-corrected chi connectivity index (χ0v) is 19.7. The van der Waals surface area contributed by atoms with Crippen molar-refractivity contribution in [3.8, 4) is 0 Å². The second-order valence-electron chi connectivity index (χ2n) is 9.53. The van der Waals surface area contributed by atoms with Gasteiger partial charge in [0.1, 0.15) is 6.10 Å². The van der Waals surface area contributed by atoms with Gasteiger partial charge in [0, 0.05) is 6.61 Å². The lowest BCUT2D eigenvalue weighted by atomic mass is 9.49. The van der Waals surface area contributed by atoms with Crippen molar-refractivity contribution in [2.24, 2.45) is 23.2 Å². The Morgan fingerprint density at radius 3 is 2.27 bits per heavy atom. The molecule has 0 aromatic carbocycles. The van der Waals surface area contributed by atoms with Crippen LogP contribution in [0.1, 0.15) is 58.8 Å². The lowest BCUT2D eigenvalue weighted by molar-refractivity contribution is -0.206. The molecule has 4 saturated carbocycles. The second kappa shape index (κ2) is 10.1. The van der Waals surface area contributed by atoms with Crippen LogP contribution in [0.4, 0.5) is 8.78 Å². The number of carbonyl (C=O) groups is 2. The molecule has 4 fully saturated rings. The van der Waals surface area contributed by atoms with Gasteiger partial charge in [-0.3, -0.25) is 14.1 Å². The third-order valence-corrected chi connectivity index (χ3v) is 7.79. The maximum Gasteiger partial charge on any atom is 0.402 e. The Balaban J connectivity index is 1.46. The van der Waals surface area contributed by atoms with Crippen molar-refractivity contribution < 1.29 is 50.3 Å². The van der Waals surface area contributed by atoms with Crippen molar-refractivity contribution >= 4 is 22.1 Å². The maximum atomic E-state index is 13.1. The highest BCUT2D eigenvalue weighted by Gasteiger charge is 2.56. The highest BCUT2D eigenvalue weighted by Crippen LogP contribution is 2.60. The van der Waals surface area contributed by atoms with E-state index in [1.807, 2.05) is 13.8 Å². The molecule has 0 amide bonds. The number of rotatable bonds is 12. The molecule has 0 aromatic rings. The monoisotopic (exact) mass is 498 g/mol. The molecule has 190 valence electrons. The highest BCUT2D eigenvalue weighted by atomic mass is 32.2. The minimum absolute atomic E-state index is 0.0623. The van der Waals surface area contributed by atoms with E-state index >= 15 is 0 Å². The van der Waals surface area contributed by atoms with Crippen LogP contribution in [0, 0.1) is 23.2 Å². The van der Waals surface area contributed by atoms with E-state index in [1.165, 1.54) is 0 Å². The Kier molecular flexibility index (Phi) is 8.02. The van der Waals surface area contributed by atoms with E-state index in [4.69, 9.17) is 18.8 Å². The van der Waals surface area contributed by atoms with Crippen LogP contribution in [-0.2, 0) is 38.7 Å². The molecule has 1 N–H and O–H groups in total. The van der Waals surface area contributed by atoms with Crippen LogP contribution in [0.15, 0.2) is 0 Å². The number of hydrogen-bond donors (Lipinski definition) is 1. The smallest absolute Gasteiger partial charge is 0.402 e. The van der Waals surface area contributed by atoms with Crippen LogP contribution in [0.2, 0.25) is 0 Å². The molecule has 0 aromatic heterocycles. The topological polar surface area (TPSA) is 125 Å². The van der Waals surface area contributed by atoms with Crippen LogP contribution < -0.4 is 0 Å². The Labute approximate surface area is 192 Å². The minimum atomic E-state index is -5.69. The highest BCUT2D eigenvalue weighted by molar-refractivity contribution is 7.86. The first-order valence-corrected chi connectivity index (χ1v) is 12.7. The summed E-state index contributed by atoms with van der Waals surface area (Å²) in [5, 5.41) is -4.61. The van der Waals surface area contributed by atoms with Crippen LogP contribution in [-0.4, -0.2) is 62.4 Å². The number of halogens is 2. The SMILES string of the molecule is CCOC(C)OCC12CC3CC(C1)C(OC(=O)CCC(=O)OCC(F)(F)S(=O)(=O)O)C(C3)C2.